The van der Waals surface area contributed by atoms with Gasteiger partial charge in [-0.05, 0) is 44.3 Å². The van der Waals surface area contributed by atoms with Crippen LogP contribution < -0.4 is 0 Å². The van der Waals surface area contributed by atoms with Crippen molar-refractivity contribution in [1.29, 1.82) is 0 Å². The summed E-state index contributed by atoms with van der Waals surface area (Å²) in [7, 11) is 0. The summed E-state index contributed by atoms with van der Waals surface area (Å²) in [6.45, 7) is 8.79. The number of nitrogens with zero attached hydrogens (tertiary/aromatic N) is 1. The van der Waals surface area contributed by atoms with Crippen LogP contribution in [0.25, 0.3) is 0 Å². The molecule has 2 saturated heterocycles. The predicted octanol–water partition coefficient (Wildman–Crippen LogP) is 1.75. The van der Waals surface area contributed by atoms with Gasteiger partial charge in [0.1, 0.15) is 12.7 Å². The summed E-state index contributed by atoms with van der Waals surface area (Å²) < 4.78 is 11.2. The molecule has 0 bridgehead atoms. The number of cyclic esters (lactones) is 1. The average Bonchev–Trinajstić information content (AvgIpc) is 3.18. The molecule has 1 N–H and O–H groups in total. The summed E-state index contributed by atoms with van der Waals surface area (Å²) >= 11 is 0. The Labute approximate surface area is 154 Å². The fourth-order valence-electron chi connectivity index (χ4n) is 3.89. The van der Waals surface area contributed by atoms with Crippen LogP contribution in [0.5, 0.6) is 0 Å². The van der Waals surface area contributed by atoms with Gasteiger partial charge in [0.05, 0.1) is 12.0 Å². The van der Waals surface area contributed by atoms with Gasteiger partial charge in [-0.3, -0.25) is 9.69 Å². The topological polar surface area (TPSA) is 76.1 Å². The zero-order valence-corrected chi connectivity index (χ0v) is 15.4. The lowest BCUT2D eigenvalue weighted by molar-refractivity contribution is -0.159. The highest BCUT2D eigenvalue weighted by molar-refractivity contribution is 5.83. The summed E-state index contributed by atoms with van der Waals surface area (Å²) in [5.74, 6) is -1.39. The van der Waals surface area contributed by atoms with E-state index in [0.29, 0.717) is 18.4 Å². The number of aliphatic hydroxyl groups is 1. The van der Waals surface area contributed by atoms with Crippen molar-refractivity contribution >= 4 is 11.9 Å². The smallest absolute Gasteiger partial charge is 0.342 e. The molecule has 3 rings (SSSR count). The van der Waals surface area contributed by atoms with E-state index in [1.54, 1.807) is 6.08 Å². The number of esters is 2. The van der Waals surface area contributed by atoms with Gasteiger partial charge in [0, 0.05) is 13.1 Å². The van der Waals surface area contributed by atoms with Gasteiger partial charge in [0.15, 0.2) is 5.60 Å². The molecule has 0 aromatic rings. The van der Waals surface area contributed by atoms with Crippen molar-refractivity contribution in [2.75, 3.05) is 19.7 Å². The normalized spacial score (nSPS) is 36.7. The summed E-state index contributed by atoms with van der Waals surface area (Å²) in [6.07, 6.45) is 6.94. The molecule has 3 heterocycles. The molecule has 142 valence electrons. The SMILES string of the molecule is C=C1CCC(C=CC)C(=O)OC2CCN3CC=C(COC(=O)C1(C)O)C23. The molecule has 6 heteroatoms. The molecule has 0 saturated carbocycles. The number of allylic oxidation sites excluding steroid dienone is 1. The molecule has 6 nitrogen and oxygen atoms in total. The van der Waals surface area contributed by atoms with E-state index in [4.69, 9.17) is 9.47 Å². The minimum absolute atomic E-state index is 0.0492. The van der Waals surface area contributed by atoms with Crippen LogP contribution in [0.2, 0.25) is 0 Å². The van der Waals surface area contributed by atoms with E-state index in [1.807, 2.05) is 19.1 Å². The maximum Gasteiger partial charge on any atom is 0.342 e. The Morgan fingerprint density at radius 3 is 2.88 bits per heavy atom. The number of ether oxygens (including phenoxy) is 2. The second-order valence-corrected chi connectivity index (χ2v) is 7.41. The van der Waals surface area contributed by atoms with Gasteiger partial charge in [-0.1, -0.05) is 24.8 Å². The van der Waals surface area contributed by atoms with Crippen molar-refractivity contribution in [3.63, 3.8) is 0 Å². The zero-order valence-electron chi connectivity index (χ0n) is 15.4. The first-order valence-corrected chi connectivity index (χ1v) is 9.18. The van der Waals surface area contributed by atoms with Crippen LogP contribution >= 0.6 is 0 Å². The van der Waals surface area contributed by atoms with Crippen LogP contribution in [0.4, 0.5) is 0 Å². The van der Waals surface area contributed by atoms with E-state index < -0.39 is 17.5 Å². The third kappa shape index (κ3) is 3.48. The lowest BCUT2D eigenvalue weighted by Crippen LogP contribution is -2.40. The summed E-state index contributed by atoms with van der Waals surface area (Å²) in [5, 5.41) is 10.6. The standard InChI is InChI=1S/C20H27NO5/c1-4-5-14-7-6-13(2)20(3,24)19(23)25-12-15-8-10-21-11-9-16(17(15)21)26-18(14)22/h4-5,8,14,16-17,24H,2,6-7,9-12H2,1,3H3. The summed E-state index contributed by atoms with van der Waals surface area (Å²) in [5.41, 5.74) is -0.505. The Morgan fingerprint density at radius 2 is 2.15 bits per heavy atom. The number of hydrogen-bond acceptors (Lipinski definition) is 6. The van der Waals surface area contributed by atoms with Gasteiger partial charge < -0.3 is 14.6 Å². The van der Waals surface area contributed by atoms with E-state index in [0.717, 1.165) is 25.1 Å². The molecular formula is C20H27NO5. The highest BCUT2D eigenvalue weighted by Gasteiger charge is 2.44. The van der Waals surface area contributed by atoms with Crippen LogP contribution in [0.1, 0.15) is 33.1 Å². The second-order valence-electron chi connectivity index (χ2n) is 7.41. The molecule has 3 aliphatic rings. The van der Waals surface area contributed by atoms with Crippen LogP contribution in [-0.4, -0.2) is 59.4 Å². The van der Waals surface area contributed by atoms with Crippen molar-refractivity contribution in [3.05, 3.63) is 36.0 Å². The third-order valence-electron chi connectivity index (χ3n) is 5.62. The minimum Gasteiger partial charge on any atom is -0.460 e. The number of rotatable bonds is 1. The molecule has 2 fully saturated rings. The van der Waals surface area contributed by atoms with E-state index in [-0.39, 0.29) is 24.7 Å². The van der Waals surface area contributed by atoms with E-state index in [1.165, 1.54) is 6.92 Å². The quantitative estimate of drug-likeness (QED) is 0.566. The number of hydrogen-bond donors (Lipinski definition) is 1. The highest BCUT2D eigenvalue weighted by Crippen LogP contribution is 2.33. The molecule has 4 atom stereocenters. The summed E-state index contributed by atoms with van der Waals surface area (Å²) in [6, 6.07) is -0.0492. The van der Waals surface area contributed by atoms with Gasteiger partial charge >= 0.3 is 11.9 Å². The zero-order chi connectivity index (χ0) is 18.9. The van der Waals surface area contributed by atoms with Crippen molar-refractivity contribution in [1.82, 2.24) is 4.90 Å². The minimum atomic E-state index is -1.77. The fourth-order valence-corrected chi connectivity index (χ4v) is 3.89. The van der Waals surface area contributed by atoms with Gasteiger partial charge in [0.2, 0.25) is 0 Å². The van der Waals surface area contributed by atoms with Crippen LogP contribution in [0.15, 0.2) is 36.0 Å². The van der Waals surface area contributed by atoms with E-state index in [9.17, 15) is 14.7 Å². The molecule has 0 amide bonds. The molecule has 0 aromatic carbocycles. The molecule has 0 aliphatic carbocycles. The Bertz CT molecular complexity index is 663. The van der Waals surface area contributed by atoms with Gasteiger partial charge in [-0.25, -0.2) is 4.79 Å². The van der Waals surface area contributed by atoms with Gasteiger partial charge in [-0.15, -0.1) is 0 Å². The van der Waals surface area contributed by atoms with Crippen molar-refractivity contribution in [2.24, 2.45) is 5.92 Å². The maximum atomic E-state index is 12.7. The number of carbonyl (C=O) groups excluding carboxylic acids is 2. The lowest BCUT2D eigenvalue weighted by atomic mass is 9.90. The van der Waals surface area contributed by atoms with Crippen molar-refractivity contribution in [2.45, 2.75) is 50.9 Å². The second kappa shape index (κ2) is 7.37. The maximum absolute atomic E-state index is 12.7. The first kappa shape index (κ1) is 18.9. The third-order valence-corrected chi connectivity index (χ3v) is 5.62. The largest absolute Gasteiger partial charge is 0.460 e. The summed E-state index contributed by atoms with van der Waals surface area (Å²) in [4.78, 5) is 27.3. The van der Waals surface area contributed by atoms with Crippen LogP contribution in [0.3, 0.4) is 0 Å². The lowest BCUT2D eigenvalue weighted by Gasteiger charge is -2.25. The van der Waals surface area contributed by atoms with Gasteiger partial charge in [-0.2, -0.15) is 0 Å². The van der Waals surface area contributed by atoms with E-state index >= 15 is 0 Å². The monoisotopic (exact) mass is 361 g/mol. The van der Waals surface area contributed by atoms with Crippen molar-refractivity contribution < 1.29 is 24.2 Å². The van der Waals surface area contributed by atoms with Crippen LogP contribution in [-0.2, 0) is 19.1 Å². The average molecular weight is 361 g/mol. The Hall–Kier alpha value is -1.92. The predicted molar refractivity (Wildman–Crippen MR) is 96.2 cm³/mol. The molecule has 4 unspecified atom stereocenters. The van der Waals surface area contributed by atoms with Gasteiger partial charge in [0.25, 0.3) is 0 Å². The molecule has 26 heavy (non-hydrogen) atoms. The first-order chi connectivity index (χ1) is 12.3. The van der Waals surface area contributed by atoms with Crippen LogP contribution in [0, 0.1) is 5.92 Å². The Kier molecular flexibility index (Phi) is 5.34. The molecule has 3 aliphatic heterocycles. The van der Waals surface area contributed by atoms with E-state index in [2.05, 4.69) is 11.5 Å². The Morgan fingerprint density at radius 1 is 1.38 bits per heavy atom. The van der Waals surface area contributed by atoms with Crippen molar-refractivity contribution in [3.8, 4) is 0 Å². The fraction of sp³-hybridized carbons (Fsp3) is 0.600. The highest BCUT2D eigenvalue weighted by atomic mass is 16.6. The Balaban J connectivity index is 1.88. The molecule has 0 spiro atoms. The first-order valence-electron chi connectivity index (χ1n) is 9.18. The molecular weight excluding hydrogens is 334 g/mol. The molecule has 0 aromatic heterocycles. The number of carbonyl (C=O) groups is 2. The molecule has 0 radical (unpaired) electrons.